The van der Waals surface area contributed by atoms with Crippen LogP contribution < -0.4 is 10.2 Å². The second kappa shape index (κ2) is 9.41. The van der Waals surface area contributed by atoms with Crippen LogP contribution in [0.5, 0.6) is 0 Å². The number of thioether (sulfide) groups is 1. The molecule has 6 nitrogen and oxygen atoms in total. The largest absolute Gasteiger partial charge is 0.368 e. The van der Waals surface area contributed by atoms with E-state index in [1.807, 2.05) is 54.3 Å². The minimum Gasteiger partial charge on any atom is -0.368 e. The maximum absolute atomic E-state index is 12.1. The molecule has 0 aliphatic carbocycles. The zero-order valence-corrected chi connectivity index (χ0v) is 16.2. The normalized spacial score (nSPS) is 14.1. The number of anilines is 2. The van der Waals surface area contributed by atoms with Gasteiger partial charge in [-0.05, 0) is 36.4 Å². The molecule has 0 spiro atoms. The van der Waals surface area contributed by atoms with Crippen LogP contribution in [0.2, 0.25) is 0 Å². The van der Waals surface area contributed by atoms with Crippen molar-refractivity contribution in [2.24, 2.45) is 0 Å². The van der Waals surface area contributed by atoms with Crippen LogP contribution >= 0.6 is 11.8 Å². The van der Waals surface area contributed by atoms with Crippen LogP contribution in [0.1, 0.15) is 13.3 Å². The number of rotatable bonds is 6. The lowest BCUT2D eigenvalue weighted by Crippen LogP contribution is -2.48. The van der Waals surface area contributed by atoms with E-state index in [9.17, 15) is 9.59 Å². The van der Waals surface area contributed by atoms with Crippen LogP contribution in [-0.2, 0) is 9.59 Å². The molecule has 0 saturated carbocycles. The Hall–Kier alpha value is -2.54. The number of amides is 2. The summed E-state index contributed by atoms with van der Waals surface area (Å²) in [4.78, 5) is 32.2. The second-order valence-electron chi connectivity index (χ2n) is 6.27. The molecule has 0 unspecified atom stereocenters. The maximum atomic E-state index is 12.1. The van der Waals surface area contributed by atoms with Gasteiger partial charge in [0.05, 0.1) is 10.8 Å². The van der Waals surface area contributed by atoms with Crippen molar-refractivity contribution < 1.29 is 9.59 Å². The molecule has 142 valence electrons. The Bertz CT molecular complexity index is 759. The van der Waals surface area contributed by atoms with Gasteiger partial charge in [-0.25, -0.2) is 4.98 Å². The van der Waals surface area contributed by atoms with Crippen LogP contribution in [0.4, 0.5) is 11.4 Å². The number of hydrogen-bond donors (Lipinski definition) is 1. The van der Waals surface area contributed by atoms with Crippen molar-refractivity contribution >= 4 is 35.0 Å². The molecule has 3 rings (SSSR count). The van der Waals surface area contributed by atoms with E-state index in [-0.39, 0.29) is 11.8 Å². The van der Waals surface area contributed by atoms with E-state index in [0.717, 1.165) is 42.6 Å². The third-order valence-corrected chi connectivity index (χ3v) is 5.38. The third kappa shape index (κ3) is 5.47. The van der Waals surface area contributed by atoms with E-state index in [2.05, 4.69) is 15.2 Å². The summed E-state index contributed by atoms with van der Waals surface area (Å²) in [5.74, 6) is 0.494. The molecule has 1 saturated heterocycles. The summed E-state index contributed by atoms with van der Waals surface area (Å²) in [5.41, 5.74) is 1.89. The van der Waals surface area contributed by atoms with Crippen LogP contribution in [0.3, 0.4) is 0 Å². The molecule has 2 aromatic rings. The lowest BCUT2D eigenvalue weighted by Gasteiger charge is -2.36. The van der Waals surface area contributed by atoms with E-state index in [4.69, 9.17) is 0 Å². The highest BCUT2D eigenvalue weighted by molar-refractivity contribution is 7.99. The van der Waals surface area contributed by atoms with E-state index in [0.29, 0.717) is 12.2 Å². The summed E-state index contributed by atoms with van der Waals surface area (Å²) in [7, 11) is 0. The zero-order chi connectivity index (χ0) is 19.1. The summed E-state index contributed by atoms with van der Waals surface area (Å²) >= 11 is 1.41. The standard InChI is InChI=1S/C20H24N4O2S/c1-2-20(26)24-13-11-23(12-14-24)17-8-6-16(7-9-17)22-18(25)15-27-19-5-3-4-10-21-19/h3-10H,2,11-15H2,1H3,(H,22,25). The number of pyridine rings is 1. The Kier molecular flexibility index (Phi) is 6.70. The summed E-state index contributed by atoms with van der Waals surface area (Å²) in [5, 5.41) is 3.75. The maximum Gasteiger partial charge on any atom is 0.234 e. The Morgan fingerprint density at radius 1 is 1.07 bits per heavy atom. The van der Waals surface area contributed by atoms with Gasteiger partial charge in [-0.2, -0.15) is 0 Å². The number of piperazine rings is 1. The molecule has 7 heteroatoms. The predicted molar refractivity (Wildman–Crippen MR) is 109 cm³/mol. The van der Waals surface area contributed by atoms with Crippen LogP contribution in [0, 0.1) is 0 Å². The SMILES string of the molecule is CCC(=O)N1CCN(c2ccc(NC(=O)CSc3ccccn3)cc2)CC1. The highest BCUT2D eigenvalue weighted by Crippen LogP contribution is 2.20. The van der Waals surface area contributed by atoms with E-state index in [1.165, 1.54) is 11.8 Å². The molecular formula is C20H24N4O2S. The molecule has 0 radical (unpaired) electrons. The van der Waals surface area contributed by atoms with Crippen molar-refractivity contribution in [2.75, 3.05) is 42.1 Å². The number of aromatic nitrogens is 1. The van der Waals surface area contributed by atoms with Gasteiger partial charge >= 0.3 is 0 Å². The molecule has 2 amide bonds. The smallest absolute Gasteiger partial charge is 0.234 e. The number of carbonyl (C=O) groups is 2. The fourth-order valence-corrected chi connectivity index (χ4v) is 3.62. The topological polar surface area (TPSA) is 65.5 Å². The molecule has 2 heterocycles. The number of benzene rings is 1. The Balaban J connectivity index is 1.47. The van der Waals surface area contributed by atoms with Gasteiger partial charge in [-0.1, -0.05) is 24.8 Å². The third-order valence-electron chi connectivity index (χ3n) is 4.44. The van der Waals surface area contributed by atoms with Crippen molar-refractivity contribution in [2.45, 2.75) is 18.4 Å². The quantitative estimate of drug-likeness (QED) is 0.776. The monoisotopic (exact) mass is 384 g/mol. The number of nitrogens with one attached hydrogen (secondary N) is 1. The number of carbonyl (C=O) groups excluding carboxylic acids is 2. The summed E-state index contributed by atoms with van der Waals surface area (Å²) < 4.78 is 0. The predicted octanol–water partition coefficient (Wildman–Crippen LogP) is 2.87. The molecule has 27 heavy (non-hydrogen) atoms. The lowest BCUT2D eigenvalue weighted by atomic mass is 10.2. The Morgan fingerprint density at radius 3 is 2.44 bits per heavy atom. The van der Waals surface area contributed by atoms with Crippen LogP contribution in [0.25, 0.3) is 0 Å². The minimum atomic E-state index is -0.0508. The van der Waals surface area contributed by atoms with Crippen molar-refractivity contribution in [3.8, 4) is 0 Å². The average molecular weight is 385 g/mol. The summed E-state index contributed by atoms with van der Waals surface area (Å²) in [6.07, 6.45) is 2.28. The van der Waals surface area contributed by atoms with Crippen LogP contribution in [-0.4, -0.2) is 53.6 Å². The van der Waals surface area contributed by atoms with Gasteiger partial charge in [-0.3, -0.25) is 9.59 Å². The van der Waals surface area contributed by atoms with E-state index >= 15 is 0 Å². The highest BCUT2D eigenvalue weighted by atomic mass is 32.2. The van der Waals surface area contributed by atoms with Gasteiger partial charge in [0.1, 0.15) is 0 Å². The minimum absolute atomic E-state index is 0.0508. The van der Waals surface area contributed by atoms with Crippen molar-refractivity contribution in [3.05, 3.63) is 48.7 Å². The first-order chi connectivity index (χ1) is 13.2. The Labute approximate surface area is 164 Å². The van der Waals surface area contributed by atoms with Crippen molar-refractivity contribution in [3.63, 3.8) is 0 Å². The van der Waals surface area contributed by atoms with Gasteiger partial charge in [0.2, 0.25) is 11.8 Å². The van der Waals surface area contributed by atoms with Gasteiger partial charge in [0.25, 0.3) is 0 Å². The fourth-order valence-electron chi connectivity index (χ4n) is 2.96. The van der Waals surface area contributed by atoms with E-state index in [1.54, 1.807) is 6.20 Å². The van der Waals surface area contributed by atoms with Crippen molar-refractivity contribution in [1.29, 1.82) is 0 Å². The molecule has 1 N–H and O–H groups in total. The van der Waals surface area contributed by atoms with Crippen molar-refractivity contribution in [1.82, 2.24) is 9.88 Å². The molecule has 0 bridgehead atoms. The molecule has 1 fully saturated rings. The zero-order valence-electron chi connectivity index (χ0n) is 15.4. The van der Waals surface area contributed by atoms with E-state index < -0.39 is 0 Å². The second-order valence-corrected chi connectivity index (χ2v) is 7.27. The summed E-state index contributed by atoms with van der Waals surface area (Å²) in [6, 6.07) is 13.5. The first-order valence-electron chi connectivity index (χ1n) is 9.12. The number of hydrogen-bond acceptors (Lipinski definition) is 5. The van der Waals surface area contributed by atoms with Gasteiger partial charge < -0.3 is 15.1 Å². The lowest BCUT2D eigenvalue weighted by molar-refractivity contribution is -0.131. The fraction of sp³-hybridized carbons (Fsp3) is 0.350. The molecule has 0 atom stereocenters. The average Bonchev–Trinajstić information content (AvgIpc) is 2.73. The van der Waals surface area contributed by atoms with Gasteiger partial charge in [0, 0.05) is 50.2 Å². The first-order valence-corrected chi connectivity index (χ1v) is 10.1. The summed E-state index contributed by atoms with van der Waals surface area (Å²) in [6.45, 7) is 5.08. The van der Waals surface area contributed by atoms with Gasteiger partial charge in [-0.15, -0.1) is 0 Å². The molecular weight excluding hydrogens is 360 g/mol. The van der Waals surface area contributed by atoms with Gasteiger partial charge in [0.15, 0.2) is 0 Å². The molecule has 1 aromatic carbocycles. The van der Waals surface area contributed by atoms with Crippen LogP contribution in [0.15, 0.2) is 53.7 Å². The first kappa shape index (κ1) is 19.2. The molecule has 1 aliphatic rings. The highest BCUT2D eigenvalue weighted by Gasteiger charge is 2.20. The molecule has 1 aliphatic heterocycles. The molecule has 1 aromatic heterocycles. The Morgan fingerprint density at radius 2 is 1.81 bits per heavy atom. The number of nitrogens with zero attached hydrogens (tertiary/aromatic N) is 3.